The fourth-order valence-electron chi connectivity index (χ4n) is 2.32. The quantitative estimate of drug-likeness (QED) is 0.791. The number of benzene rings is 1. The summed E-state index contributed by atoms with van der Waals surface area (Å²) in [6.45, 7) is 6.24. The van der Waals surface area contributed by atoms with E-state index in [2.05, 4.69) is 10.2 Å². The molecule has 0 saturated carbocycles. The zero-order chi connectivity index (χ0) is 12.1. The van der Waals surface area contributed by atoms with Gasteiger partial charge in [0.2, 0.25) is 0 Å². The molecule has 0 unspecified atom stereocenters. The number of nitrogens with zero attached hydrogens (tertiary/aromatic N) is 1. The second-order valence-corrected chi connectivity index (χ2v) is 4.77. The summed E-state index contributed by atoms with van der Waals surface area (Å²) in [6, 6.07) is 5.49. The van der Waals surface area contributed by atoms with Crippen molar-refractivity contribution in [2.24, 2.45) is 0 Å². The number of halogens is 1. The van der Waals surface area contributed by atoms with Crippen molar-refractivity contribution in [3.8, 4) is 0 Å². The normalized spacial score (nSPS) is 16.4. The molecule has 0 aliphatic carbocycles. The minimum Gasteiger partial charge on any atom is -0.383 e. The summed E-state index contributed by atoms with van der Waals surface area (Å²) in [7, 11) is 0. The van der Waals surface area contributed by atoms with Gasteiger partial charge in [-0.25, -0.2) is 4.39 Å². The van der Waals surface area contributed by atoms with Crippen LogP contribution in [0.2, 0.25) is 0 Å². The summed E-state index contributed by atoms with van der Waals surface area (Å²) in [6.07, 6.45) is 3.74. The molecule has 0 radical (unpaired) electrons. The Morgan fingerprint density at radius 2 is 2.06 bits per heavy atom. The first kappa shape index (κ1) is 12.4. The van der Waals surface area contributed by atoms with Crippen LogP contribution >= 0.6 is 0 Å². The predicted octanol–water partition coefficient (Wildman–Crippen LogP) is 3.03. The van der Waals surface area contributed by atoms with Crippen molar-refractivity contribution in [1.82, 2.24) is 4.90 Å². The third kappa shape index (κ3) is 3.43. The predicted molar refractivity (Wildman–Crippen MR) is 69.9 cm³/mol. The number of aryl methyl sites for hydroxylation is 1. The summed E-state index contributed by atoms with van der Waals surface area (Å²) in [5, 5.41) is 3.18. The van der Waals surface area contributed by atoms with Gasteiger partial charge in [0.25, 0.3) is 0 Å². The van der Waals surface area contributed by atoms with Crippen molar-refractivity contribution >= 4 is 5.69 Å². The monoisotopic (exact) mass is 236 g/mol. The molecule has 17 heavy (non-hydrogen) atoms. The van der Waals surface area contributed by atoms with Gasteiger partial charge < -0.3 is 10.2 Å². The number of hydrogen-bond donors (Lipinski definition) is 1. The smallest absolute Gasteiger partial charge is 0.149 e. The van der Waals surface area contributed by atoms with Crippen molar-refractivity contribution in [3.63, 3.8) is 0 Å². The zero-order valence-electron chi connectivity index (χ0n) is 10.5. The lowest BCUT2D eigenvalue weighted by Crippen LogP contribution is -2.22. The molecule has 0 bridgehead atoms. The largest absolute Gasteiger partial charge is 0.383 e. The van der Waals surface area contributed by atoms with E-state index in [0.717, 1.165) is 19.5 Å². The number of rotatable bonds is 5. The second-order valence-electron chi connectivity index (χ2n) is 4.77. The van der Waals surface area contributed by atoms with Crippen molar-refractivity contribution in [2.45, 2.75) is 26.2 Å². The van der Waals surface area contributed by atoms with Gasteiger partial charge in [0, 0.05) is 6.54 Å². The third-order valence-electron chi connectivity index (χ3n) is 3.36. The average molecular weight is 236 g/mol. The first-order valence-electron chi connectivity index (χ1n) is 6.49. The molecule has 1 heterocycles. The number of hydrogen-bond acceptors (Lipinski definition) is 2. The van der Waals surface area contributed by atoms with Crippen LogP contribution in [0.3, 0.4) is 0 Å². The highest BCUT2D eigenvalue weighted by Crippen LogP contribution is 2.17. The Hall–Kier alpha value is -1.09. The molecule has 1 aromatic carbocycles. The Morgan fingerprint density at radius 1 is 1.29 bits per heavy atom. The fourth-order valence-corrected chi connectivity index (χ4v) is 2.32. The van der Waals surface area contributed by atoms with Crippen LogP contribution in [0.25, 0.3) is 0 Å². The molecule has 1 aliphatic rings. The van der Waals surface area contributed by atoms with E-state index in [1.54, 1.807) is 19.1 Å². The maximum Gasteiger partial charge on any atom is 0.149 e. The number of anilines is 1. The molecule has 1 N–H and O–H groups in total. The van der Waals surface area contributed by atoms with Gasteiger partial charge in [-0.05, 0) is 57.5 Å². The summed E-state index contributed by atoms with van der Waals surface area (Å²) in [4.78, 5) is 2.48. The van der Waals surface area contributed by atoms with Gasteiger partial charge in [-0.1, -0.05) is 12.1 Å². The first-order valence-corrected chi connectivity index (χ1v) is 6.49. The molecule has 0 aromatic heterocycles. The molecule has 0 amide bonds. The molecule has 1 fully saturated rings. The lowest BCUT2D eigenvalue weighted by atomic mass is 10.2. The van der Waals surface area contributed by atoms with Gasteiger partial charge in [0.05, 0.1) is 5.69 Å². The van der Waals surface area contributed by atoms with E-state index in [4.69, 9.17) is 0 Å². The highest BCUT2D eigenvalue weighted by molar-refractivity contribution is 5.47. The fraction of sp³-hybridized carbons (Fsp3) is 0.571. The van der Waals surface area contributed by atoms with E-state index in [0.29, 0.717) is 11.3 Å². The van der Waals surface area contributed by atoms with Gasteiger partial charge >= 0.3 is 0 Å². The summed E-state index contributed by atoms with van der Waals surface area (Å²) in [5.41, 5.74) is 1.33. The van der Waals surface area contributed by atoms with Crippen LogP contribution in [-0.2, 0) is 0 Å². The molecule has 1 saturated heterocycles. The van der Waals surface area contributed by atoms with Gasteiger partial charge in [-0.15, -0.1) is 0 Å². The molecule has 1 aliphatic heterocycles. The summed E-state index contributed by atoms with van der Waals surface area (Å²) >= 11 is 0. The van der Waals surface area contributed by atoms with Gasteiger partial charge in [-0.2, -0.15) is 0 Å². The van der Waals surface area contributed by atoms with Crippen molar-refractivity contribution in [1.29, 1.82) is 0 Å². The van der Waals surface area contributed by atoms with Crippen LogP contribution in [0.15, 0.2) is 18.2 Å². The molecule has 3 heteroatoms. The number of likely N-dealkylation sites (tertiary alicyclic amines) is 1. The summed E-state index contributed by atoms with van der Waals surface area (Å²) < 4.78 is 13.7. The topological polar surface area (TPSA) is 15.3 Å². The van der Waals surface area contributed by atoms with Crippen molar-refractivity contribution < 1.29 is 4.39 Å². The maximum absolute atomic E-state index is 13.7. The average Bonchev–Trinajstić information content (AvgIpc) is 2.83. The molecule has 0 spiro atoms. The van der Waals surface area contributed by atoms with Gasteiger partial charge in [0.15, 0.2) is 0 Å². The SMILES string of the molecule is Cc1cccc(NCCCN2CCCC2)c1F. The molecule has 2 nitrogen and oxygen atoms in total. The van der Waals surface area contributed by atoms with E-state index < -0.39 is 0 Å². The Labute approximate surface area is 103 Å². The highest BCUT2D eigenvalue weighted by Gasteiger charge is 2.10. The summed E-state index contributed by atoms with van der Waals surface area (Å²) in [5.74, 6) is -0.117. The maximum atomic E-state index is 13.7. The molecule has 1 aromatic rings. The Balaban J connectivity index is 1.72. The van der Waals surface area contributed by atoms with Crippen LogP contribution < -0.4 is 5.32 Å². The van der Waals surface area contributed by atoms with E-state index in [-0.39, 0.29) is 5.82 Å². The van der Waals surface area contributed by atoms with Crippen molar-refractivity contribution in [2.75, 3.05) is 31.5 Å². The van der Waals surface area contributed by atoms with Gasteiger partial charge in [0.1, 0.15) is 5.82 Å². The van der Waals surface area contributed by atoms with Gasteiger partial charge in [-0.3, -0.25) is 0 Å². The van der Waals surface area contributed by atoms with E-state index in [1.165, 1.54) is 25.9 Å². The second kappa shape index (κ2) is 6.01. The minimum atomic E-state index is -0.117. The van der Waals surface area contributed by atoms with Crippen LogP contribution in [0.1, 0.15) is 24.8 Å². The molecule has 94 valence electrons. The van der Waals surface area contributed by atoms with E-state index in [9.17, 15) is 4.39 Å². The van der Waals surface area contributed by atoms with Crippen LogP contribution in [-0.4, -0.2) is 31.1 Å². The Kier molecular flexibility index (Phi) is 4.37. The first-order chi connectivity index (χ1) is 8.27. The van der Waals surface area contributed by atoms with Crippen LogP contribution in [0.5, 0.6) is 0 Å². The lowest BCUT2D eigenvalue weighted by molar-refractivity contribution is 0.337. The molecule has 0 atom stereocenters. The molecular weight excluding hydrogens is 215 g/mol. The zero-order valence-corrected chi connectivity index (χ0v) is 10.5. The Bertz CT molecular complexity index is 359. The van der Waals surface area contributed by atoms with Crippen LogP contribution in [0, 0.1) is 12.7 Å². The molecular formula is C14H21FN2. The third-order valence-corrected chi connectivity index (χ3v) is 3.36. The van der Waals surface area contributed by atoms with Crippen LogP contribution in [0.4, 0.5) is 10.1 Å². The highest BCUT2D eigenvalue weighted by atomic mass is 19.1. The standard InChI is InChI=1S/C14H21FN2/c1-12-6-4-7-13(14(12)15)16-8-5-11-17-9-2-3-10-17/h4,6-7,16H,2-3,5,8-11H2,1H3. The van der Waals surface area contributed by atoms with E-state index >= 15 is 0 Å². The minimum absolute atomic E-state index is 0.117. The van der Waals surface area contributed by atoms with E-state index in [1.807, 2.05) is 6.07 Å². The lowest BCUT2D eigenvalue weighted by Gasteiger charge is -2.15. The van der Waals surface area contributed by atoms with Crippen molar-refractivity contribution in [3.05, 3.63) is 29.6 Å². The number of nitrogens with one attached hydrogen (secondary N) is 1. The molecule has 2 rings (SSSR count). The Morgan fingerprint density at radius 3 is 2.82 bits per heavy atom.